The van der Waals surface area contributed by atoms with Crippen molar-refractivity contribution < 1.29 is 24.2 Å². The standard InChI is InChI=1S/C26H24O5/c1-3-5-7-9-25(28)30-23-17-21(12-11-20-13-15-22(27)16-14-20)18-24(19-23)31-26(29)10-8-6-4-2/h3-19,27H,1-2H3/b5-3+,6-4+,9-7+,10-8+,12-11+. The Balaban J connectivity index is 2.28. The van der Waals surface area contributed by atoms with E-state index in [0.717, 1.165) is 5.56 Å². The van der Waals surface area contributed by atoms with Crippen LogP contribution in [-0.2, 0) is 9.59 Å². The van der Waals surface area contributed by atoms with Crippen molar-refractivity contribution >= 4 is 24.1 Å². The van der Waals surface area contributed by atoms with Crippen molar-refractivity contribution in [2.75, 3.05) is 0 Å². The number of phenolic OH excluding ortho intramolecular Hbond substituents is 1. The van der Waals surface area contributed by atoms with Gasteiger partial charge in [0.15, 0.2) is 0 Å². The Hall–Kier alpha value is -4.12. The summed E-state index contributed by atoms with van der Waals surface area (Å²) in [6.07, 6.45) is 16.3. The van der Waals surface area contributed by atoms with Crippen molar-refractivity contribution in [1.29, 1.82) is 0 Å². The largest absolute Gasteiger partial charge is 0.508 e. The Kier molecular flexibility index (Phi) is 9.30. The summed E-state index contributed by atoms with van der Waals surface area (Å²) < 4.78 is 10.7. The maximum absolute atomic E-state index is 12.0. The van der Waals surface area contributed by atoms with Crippen LogP contribution in [0.15, 0.2) is 91.1 Å². The Morgan fingerprint density at radius 2 is 1.19 bits per heavy atom. The van der Waals surface area contributed by atoms with Gasteiger partial charge >= 0.3 is 11.9 Å². The molecule has 0 amide bonds. The number of phenols is 1. The van der Waals surface area contributed by atoms with Crippen molar-refractivity contribution in [2.24, 2.45) is 0 Å². The number of hydrogen-bond donors (Lipinski definition) is 1. The molecule has 0 bridgehead atoms. The number of hydrogen-bond acceptors (Lipinski definition) is 5. The van der Waals surface area contributed by atoms with Gasteiger partial charge in [0, 0.05) is 18.2 Å². The van der Waals surface area contributed by atoms with Crippen LogP contribution in [0.3, 0.4) is 0 Å². The van der Waals surface area contributed by atoms with E-state index in [2.05, 4.69) is 0 Å². The van der Waals surface area contributed by atoms with Crippen LogP contribution in [0.25, 0.3) is 12.2 Å². The fourth-order valence-corrected chi connectivity index (χ4v) is 2.38. The number of allylic oxidation sites excluding steroid dienone is 6. The van der Waals surface area contributed by atoms with Gasteiger partial charge in [0.1, 0.15) is 17.2 Å². The molecular formula is C26H24O5. The molecule has 0 aromatic heterocycles. The lowest BCUT2D eigenvalue weighted by molar-refractivity contribution is -0.129. The predicted octanol–water partition coefficient (Wildman–Crippen LogP) is 5.64. The second-order valence-corrected chi connectivity index (χ2v) is 6.27. The van der Waals surface area contributed by atoms with Gasteiger partial charge in [-0.25, -0.2) is 9.59 Å². The number of rotatable bonds is 8. The normalized spacial score (nSPS) is 11.9. The molecule has 0 unspecified atom stereocenters. The molecule has 0 fully saturated rings. The lowest BCUT2D eigenvalue weighted by atomic mass is 10.1. The molecule has 1 N–H and O–H groups in total. The van der Waals surface area contributed by atoms with Gasteiger partial charge in [-0.05, 0) is 49.2 Å². The molecule has 0 radical (unpaired) electrons. The minimum Gasteiger partial charge on any atom is -0.508 e. The summed E-state index contributed by atoms with van der Waals surface area (Å²) >= 11 is 0. The zero-order valence-corrected chi connectivity index (χ0v) is 17.4. The molecule has 158 valence electrons. The molecule has 0 aliphatic rings. The summed E-state index contributed by atoms with van der Waals surface area (Å²) in [5.74, 6) is -0.449. The van der Waals surface area contributed by atoms with Crippen LogP contribution >= 0.6 is 0 Å². The molecule has 5 nitrogen and oxygen atoms in total. The van der Waals surface area contributed by atoms with E-state index in [1.165, 1.54) is 18.2 Å². The van der Waals surface area contributed by atoms with Crippen molar-refractivity contribution in [2.45, 2.75) is 13.8 Å². The molecule has 2 rings (SSSR count). The van der Waals surface area contributed by atoms with E-state index in [1.54, 1.807) is 78.9 Å². The lowest BCUT2D eigenvalue weighted by Gasteiger charge is -2.07. The predicted molar refractivity (Wildman–Crippen MR) is 123 cm³/mol. The number of aromatic hydroxyl groups is 1. The molecule has 0 heterocycles. The second-order valence-electron chi connectivity index (χ2n) is 6.27. The highest BCUT2D eigenvalue weighted by molar-refractivity contribution is 5.86. The van der Waals surface area contributed by atoms with Crippen LogP contribution in [0.5, 0.6) is 17.2 Å². The van der Waals surface area contributed by atoms with Crippen LogP contribution in [0, 0.1) is 0 Å². The number of esters is 2. The van der Waals surface area contributed by atoms with Gasteiger partial charge in [-0.1, -0.05) is 60.7 Å². The van der Waals surface area contributed by atoms with E-state index in [9.17, 15) is 14.7 Å². The van der Waals surface area contributed by atoms with E-state index in [0.29, 0.717) is 5.56 Å². The van der Waals surface area contributed by atoms with Crippen LogP contribution in [0.4, 0.5) is 0 Å². The minimum absolute atomic E-state index is 0.178. The van der Waals surface area contributed by atoms with Gasteiger partial charge in [-0.3, -0.25) is 0 Å². The minimum atomic E-state index is -0.553. The summed E-state index contributed by atoms with van der Waals surface area (Å²) in [5.41, 5.74) is 1.53. The Morgan fingerprint density at radius 1 is 0.710 bits per heavy atom. The first-order chi connectivity index (χ1) is 15.0. The zero-order valence-electron chi connectivity index (χ0n) is 17.4. The highest BCUT2D eigenvalue weighted by Gasteiger charge is 2.08. The Morgan fingerprint density at radius 3 is 1.68 bits per heavy atom. The molecule has 0 saturated carbocycles. The van der Waals surface area contributed by atoms with Gasteiger partial charge in [0.05, 0.1) is 0 Å². The van der Waals surface area contributed by atoms with Gasteiger partial charge in [0.2, 0.25) is 0 Å². The molecule has 0 spiro atoms. The molecule has 5 heteroatoms. The second kappa shape index (κ2) is 12.4. The molecule has 2 aromatic carbocycles. The monoisotopic (exact) mass is 416 g/mol. The highest BCUT2D eigenvalue weighted by atomic mass is 16.5. The summed E-state index contributed by atoms with van der Waals surface area (Å²) in [5, 5.41) is 9.40. The first kappa shape index (κ1) is 23.2. The number of benzene rings is 2. The molecular weight excluding hydrogens is 392 g/mol. The fourth-order valence-electron chi connectivity index (χ4n) is 2.38. The average molecular weight is 416 g/mol. The van der Waals surface area contributed by atoms with Crippen molar-refractivity contribution in [3.05, 3.63) is 102 Å². The van der Waals surface area contributed by atoms with E-state index in [4.69, 9.17) is 9.47 Å². The highest BCUT2D eigenvalue weighted by Crippen LogP contribution is 2.25. The maximum atomic E-state index is 12.0. The molecule has 0 saturated heterocycles. The smallest absolute Gasteiger partial charge is 0.336 e. The molecule has 2 aromatic rings. The molecule has 0 aliphatic heterocycles. The van der Waals surface area contributed by atoms with Gasteiger partial charge in [-0.15, -0.1) is 0 Å². The molecule has 0 atom stereocenters. The fraction of sp³-hybridized carbons (Fsp3) is 0.0769. The average Bonchev–Trinajstić information content (AvgIpc) is 2.73. The summed E-state index contributed by atoms with van der Waals surface area (Å²) in [6.45, 7) is 3.68. The van der Waals surface area contributed by atoms with Crippen molar-refractivity contribution in [1.82, 2.24) is 0 Å². The van der Waals surface area contributed by atoms with Gasteiger partial charge < -0.3 is 14.6 Å². The van der Waals surface area contributed by atoms with E-state index >= 15 is 0 Å². The summed E-state index contributed by atoms with van der Waals surface area (Å²) in [4.78, 5) is 24.0. The Bertz CT molecular complexity index is 984. The van der Waals surface area contributed by atoms with Crippen molar-refractivity contribution in [3.8, 4) is 17.2 Å². The van der Waals surface area contributed by atoms with Crippen LogP contribution in [0.2, 0.25) is 0 Å². The van der Waals surface area contributed by atoms with E-state index in [-0.39, 0.29) is 17.2 Å². The van der Waals surface area contributed by atoms with E-state index < -0.39 is 11.9 Å². The van der Waals surface area contributed by atoms with Crippen molar-refractivity contribution in [3.63, 3.8) is 0 Å². The quantitative estimate of drug-likeness (QED) is 0.198. The summed E-state index contributed by atoms with van der Waals surface area (Å²) in [6, 6.07) is 11.5. The van der Waals surface area contributed by atoms with E-state index in [1.807, 2.05) is 19.9 Å². The molecule has 0 aliphatic carbocycles. The van der Waals surface area contributed by atoms with Crippen LogP contribution in [0.1, 0.15) is 25.0 Å². The molecule has 31 heavy (non-hydrogen) atoms. The zero-order chi connectivity index (χ0) is 22.5. The first-order valence-electron chi connectivity index (χ1n) is 9.64. The van der Waals surface area contributed by atoms with Crippen LogP contribution < -0.4 is 9.47 Å². The van der Waals surface area contributed by atoms with Gasteiger partial charge in [-0.2, -0.15) is 0 Å². The number of carbonyl (C=O) groups excluding carboxylic acids is 2. The van der Waals surface area contributed by atoms with Gasteiger partial charge in [0.25, 0.3) is 0 Å². The lowest BCUT2D eigenvalue weighted by Crippen LogP contribution is -2.06. The number of ether oxygens (including phenoxy) is 2. The third kappa shape index (κ3) is 8.83. The maximum Gasteiger partial charge on any atom is 0.336 e. The SMILES string of the molecule is C/C=C/C=C/C(=O)Oc1cc(/C=C/c2ccc(O)cc2)cc(OC(=O)/C=C/C=C/C)c1. The first-order valence-corrected chi connectivity index (χ1v) is 9.64. The summed E-state index contributed by atoms with van der Waals surface area (Å²) in [7, 11) is 0. The topological polar surface area (TPSA) is 72.8 Å². The number of carbonyl (C=O) groups is 2. The third-order valence-corrected chi connectivity index (χ3v) is 3.77. The Labute approximate surface area is 181 Å². The third-order valence-electron chi connectivity index (χ3n) is 3.77. The van der Waals surface area contributed by atoms with Crippen LogP contribution in [-0.4, -0.2) is 17.0 Å².